The summed E-state index contributed by atoms with van der Waals surface area (Å²) in [6.45, 7) is 9.31. The Labute approximate surface area is 340 Å². The van der Waals surface area contributed by atoms with Crippen LogP contribution in [0, 0.1) is 5.92 Å². The van der Waals surface area contributed by atoms with Crippen LogP contribution in [0.15, 0.2) is 128 Å². The number of fused-ring (bicyclic) bond motifs is 3. The van der Waals surface area contributed by atoms with Crippen molar-refractivity contribution in [3.05, 3.63) is 151 Å². The molecule has 304 valence electrons. The van der Waals surface area contributed by atoms with Crippen molar-refractivity contribution in [3.8, 4) is 16.9 Å². The number of esters is 1. The lowest BCUT2D eigenvalue weighted by Gasteiger charge is -2.22. The number of aliphatic hydroxyl groups is 1. The average molecular weight is 788 g/mol. The van der Waals surface area contributed by atoms with Crippen LogP contribution in [0.1, 0.15) is 60.8 Å². The summed E-state index contributed by atoms with van der Waals surface area (Å²) in [5, 5.41) is 18.3. The molecule has 5 rings (SSSR count). The number of ether oxygens (including phenoxy) is 3. The van der Waals surface area contributed by atoms with Crippen LogP contribution in [0.5, 0.6) is 5.75 Å². The van der Waals surface area contributed by atoms with E-state index >= 15 is 0 Å². The van der Waals surface area contributed by atoms with Gasteiger partial charge in [0.25, 0.3) is 0 Å². The third-order valence-electron chi connectivity index (χ3n) is 9.95. The summed E-state index contributed by atoms with van der Waals surface area (Å²) in [6, 6.07) is 31.8. The Kier molecular flexibility index (Phi) is 16.2. The maximum atomic E-state index is 13.2. The average Bonchev–Trinajstić information content (AvgIpc) is 3.56. The second kappa shape index (κ2) is 21.9. The standard InChI is InChI=1S/C47H53N3O8/c1-4-6-21-43(50-47(55)57-31-42-40-19-12-10-17-38(40)39-18-11-13-20-41(39)42)46(54)58-32(3)28-48-45(53)35(14-5-2)27-44(52)49-36(29-51)26-33-22-24-37(25-23-33)56-30-34-15-8-7-9-16-34/h4-5,7-13,15-20,22-25,32,35-36,42-43,51H,1-2,6,14,21,26-31H2,3H3,(H,48,53)(H,49,52)(H,50,55)/t32-,35-,36-,43-/m0/s1. The topological polar surface area (TPSA) is 152 Å². The lowest BCUT2D eigenvalue weighted by atomic mass is 9.98. The van der Waals surface area contributed by atoms with Gasteiger partial charge in [-0.25, -0.2) is 9.59 Å². The summed E-state index contributed by atoms with van der Waals surface area (Å²) < 4.78 is 17.1. The first kappa shape index (κ1) is 42.9. The molecule has 3 amide bonds. The van der Waals surface area contributed by atoms with Crippen LogP contribution in [0.25, 0.3) is 11.1 Å². The minimum absolute atomic E-state index is 0.0245. The van der Waals surface area contributed by atoms with E-state index in [9.17, 15) is 24.3 Å². The van der Waals surface area contributed by atoms with Gasteiger partial charge in [-0.05, 0) is 78.1 Å². The molecule has 0 fully saturated rings. The van der Waals surface area contributed by atoms with Gasteiger partial charge in [0.05, 0.1) is 25.1 Å². The van der Waals surface area contributed by atoms with E-state index in [4.69, 9.17) is 14.2 Å². The fourth-order valence-corrected chi connectivity index (χ4v) is 6.93. The van der Waals surface area contributed by atoms with Crippen molar-refractivity contribution in [1.82, 2.24) is 16.0 Å². The molecule has 0 saturated heterocycles. The summed E-state index contributed by atoms with van der Waals surface area (Å²) in [6.07, 6.45) is 2.86. The Hall–Kier alpha value is -6.20. The molecule has 11 nitrogen and oxygen atoms in total. The molecular weight excluding hydrogens is 735 g/mol. The smallest absolute Gasteiger partial charge is 0.407 e. The first-order valence-corrected chi connectivity index (χ1v) is 19.7. The molecule has 4 aromatic rings. The van der Waals surface area contributed by atoms with Crippen LogP contribution < -0.4 is 20.7 Å². The Morgan fingerprint density at radius 2 is 1.47 bits per heavy atom. The van der Waals surface area contributed by atoms with E-state index in [1.165, 1.54) is 0 Å². The van der Waals surface area contributed by atoms with E-state index in [-0.39, 0.29) is 44.9 Å². The minimum atomic E-state index is -1.01. The highest BCUT2D eigenvalue weighted by atomic mass is 16.6. The first-order chi connectivity index (χ1) is 28.2. The quantitative estimate of drug-likeness (QED) is 0.0502. The van der Waals surface area contributed by atoms with Gasteiger partial charge in [0.2, 0.25) is 11.8 Å². The van der Waals surface area contributed by atoms with Gasteiger partial charge in [-0.15, -0.1) is 13.2 Å². The van der Waals surface area contributed by atoms with Crippen LogP contribution in [0.2, 0.25) is 0 Å². The maximum absolute atomic E-state index is 13.2. The zero-order chi connectivity index (χ0) is 41.3. The van der Waals surface area contributed by atoms with Gasteiger partial charge in [-0.2, -0.15) is 0 Å². The Morgan fingerprint density at radius 3 is 2.10 bits per heavy atom. The molecular formula is C47H53N3O8. The second-order valence-electron chi connectivity index (χ2n) is 14.4. The van der Waals surface area contributed by atoms with Crippen molar-refractivity contribution >= 4 is 23.9 Å². The third kappa shape index (κ3) is 12.4. The number of hydrogen-bond donors (Lipinski definition) is 4. The summed E-state index contributed by atoms with van der Waals surface area (Å²) >= 11 is 0. The number of carbonyl (C=O) groups is 4. The highest BCUT2D eigenvalue weighted by molar-refractivity contribution is 5.86. The maximum Gasteiger partial charge on any atom is 0.407 e. The predicted molar refractivity (Wildman–Crippen MR) is 223 cm³/mol. The lowest BCUT2D eigenvalue weighted by Crippen LogP contribution is -2.45. The van der Waals surface area contributed by atoms with Crippen LogP contribution in [0.3, 0.4) is 0 Å². The molecule has 1 aliphatic rings. The molecule has 0 heterocycles. The molecule has 0 aliphatic heterocycles. The number of nitrogens with one attached hydrogen (secondary N) is 3. The molecule has 11 heteroatoms. The largest absolute Gasteiger partial charge is 0.489 e. The van der Waals surface area contributed by atoms with Crippen molar-refractivity contribution in [2.45, 2.75) is 69.7 Å². The van der Waals surface area contributed by atoms with E-state index in [2.05, 4.69) is 41.2 Å². The molecule has 4 atom stereocenters. The summed E-state index contributed by atoms with van der Waals surface area (Å²) in [5.41, 5.74) is 6.31. The van der Waals surface area contributed by atoms with E-state index in [1.54, 1.807) is 19.1 Å². The van der Waals surface area contributed by atoms with Gasteiger partial charge in [-0.3, -0.25) is 9.59 Å². The van der Waals surface area contributed by atoms with Crippen LogP contribution in [-0.4, -0.2) is 66.9 Å². The summed E-state index contributed by atoms with van der Waals surface area (Å²) in [7, 11) is 0. The van der Waals surface area contributed by atoms with Gasteiger partial charge < -0.3 is 35.3 Å². The molecule has 0 spiro atoms. The Morgan fingerprint density at radius 1 is 0.810 bits per heavy atom. The number of amides is 3. The predicted octanol–water partition coefficient (Wildman–Crippen LogP) is 6.79. The third-order valence-corrected chi connectivity index (χ3v) is 9.95. The van der Waals surface area contributed by atoms with Gasteiger partial charge >= 0.3 is 12.1 Å². The van der Waals surface area contributed by atoms with Crippen LogP contribution >= 0.6 is 0 Å². The van der Waals surface area contributed by atoms with E-state index in [1.807, 2.05) is 91.0 Å². The van der Waals surface area contributed by atoms with E-state index in [0.717, 1.165) is 33.4 Å². The number of aliphatic hydroxyl groups excluding tert-OH is 1. The van der Waals surface area contributed by atoms with Crippen molar-refractivity contribution in [3.63, 3.8) is 0 Å². The zero-order valence-corrected chi connectivity index (χ0v) is 32.9. The van der Waals surface area contributed by atoms with E-state index < -0.39 is 48.0 Å². The SMILES string of the molecule is C=CCC[C@H](NC(=O)OCC1c2ccccc2-c2ccccc21)C(=O)O[C@@H](C)CNC(=O)[C@@H](CC=C)CC(=O)N[C@H](CO)Cc1ccc(OCc2ccccc2)cc1. The molecule has 0 unspecified atom stereocenters. The van der Waals surface area contributed by atoms with Crippen molar-refractivity contribution in [2.24, 2.45) is 5.92 Å². The fraction of sp³-hybridized carbons (Fsp3) is 0.319. The number of benzene rings is 4. The van der Waals surface area contributed by atoms with Gasteiger partial charge in [-0.1, -0.05) is 103 Å². The summed E-state index contributed by atoms with van der Waals surface area (Å²) in [4.78, 5) is 52.5. The molecule has 4 N–H and O–H groups in total. The molecule has 0 saturated carbocycles. The van der Waals surface area contributed by atoms with Crippen LogP contribution in [-0.2, 0) is 36.9 Å². The highest BCUT2D eigenvalue weighted by Gasteiger charge is 2.31. The highest BCUT2D eigenvalue weighted by Crippen LogP contribution is 2.44. The van der Waals surface area contributed by atoms with Crippen molar-refractivity contribution in [1.29, 1.82) is 0 Å². The fourth-order valence-electron chi connectivity index (χ4n) is 6.93. The zero-order valence-electron chi connectivity index (χ0n) is 32.9. The molecule has 0 aromatic heterocycles. The van der Waals surface area contributed by atoms with Gasteiger partial charge in [0, 0.05) is 12.3 Å². The number of hydrogen-bond acceptors (Lipinski definition) is 8. The van der Waals surface area contributed by atoms with Gasteiger partial charge in [0.15, 0.2) is 0 Å². The van der Waals surface area contributed by atoms with Gasteiger partial charge in [0.1, 0.15) is 31.1 Å². The molecule has 58 heavy (non-hydrogen) atoms. The number of allylic oxidation sites excluding steroid dienone is 2. The Balaban J connectivity index is 1.06. The molecule has 0 bridgehead atoms. The van der Waals surface area contributed by atoms with E-state index in [0.29, 0.717) is 25.2 Å². The van der Waals surface area contributed by atoms with Crippen molar-refractivity contribution in [2.75, 3.05) is 19.8 Å². The molecule has 4 aromatic carbocycles. The van der Waals surface area contributed by atoms with Crippen LogP contribution in [0.4, 0.5) is 4.79 Å². The number of rotatable bonds is 22. The number of alkyl carbamates (subject to hydrolysis) is 1. The summed E-state index contributed by atoms with van der Waals surface area (Å²) in [5.74, 6) is -1.66. The first-order valence-electron chi connectivity index (χ1n) is 19.7. The second-order valence-corrected chi connectivity index (χ2v) is 14.4. The number of carbonyl (C=O) groups excluding carboxylic acids is 4. The monoisotopic (exact) mass is 787 g/mol. The molecule has 1 aliphatic carbocycles. The minimum Gasteiger partial charge on any atom is -0.489 e. The normalized spacial score (nSPS) is 13.7. The molecule has 0 radical (unpaired) electrons. The van der Waals surface area contributed by atoms with Crippen molar-refractivity contribution < 1.29 is 38.5 Å². The Bertz CT molecular complexity index is 1960. The lowest BCUT2D eigenvalue weighted by molar-refractivity contribution is -0.151.